The zero-order chi connectivity index (χ0) is 33.2. The molecular weight excluding hydrogens is 566 g/mol. The van der Waals surface area contributed by atoms with Crippen LogP contribution in [0, 0.1) is 46.3 Å². The molecule has 0 aromatic rings. The van der Waals surface area contributed by atoms with Crippen LogP contribution in [0.2, 0.25) is 0 Å². The highest BCUT2D eigenvalue weighted by Crippen LogP contribution is 2.66. The van der Waals surface area contributed by atoms with Crippen LogP contribution in [0.15, 0.2) is 12.2 Å². The molecule has 4 aliphatic rings. The van der Waals surface area contributed by atoms with Crippen LogP contribution < -0.4 is 5.73 Å². The molecule has 7 heteroatoms. The third kappa shape index (κ3) is 8.93. The average Bonchev–Trinajstić information content (AvgIpc) is 3.29. The summed E-state index contributed by atoms with van der Waals surface area (Å²) in [4.78, 5) is 25.3. The van der Waals surface area contributed by atoms with Crippen LogP contribution in [0.1, 0.15) is 133 Å². The van der Waals surface area contributed by atoms with Gasteiger partial charge in [0.1, 0.15) is 24.5 Å². The summed E-state index contributed by atoms with van der Waals surface area (Å²) < 4.78 is 22.7. The highest BCUT2D eigenvalue weighted by atomic mass is 16.7. The number of ether oxygens (including phenoxy) is 4. The van der Waals surface area contributed by atoms with Crippen molar-refractivity contribution >= 4 is 11.9 Å². The molecule has 0 radical (unpaired) electrons. The summed E-state index contributed by atoms with van der Waals surface area (Å²) >= 11 is 0. The number of hydrogen-bond acceptors (Lipinski definition) is 7. The van der Waals surface area contributed by atoms with Crippen molar-refractivity contribution in [3.05, 3.63) is 12.2 Å². The minimum Gasteiger partial charge on any atom is -0.461 e. The molecule has 0 aromatic heterocycles. The zero-order valence-corrected chi connectivity index (χ0v) is 30.0. The third-order valence-electron chi connectivity index (χ3n) is 12.0. The molecule has 0 amide bonds. The van der Waals surface area contributed by atoms with Crippen molar-refractivity contribution in [1.29, 1.82) is 0 Å². The molecule has 0 heterocycles. The summed E-state index contributed by atoms with van der Waals surface area (Å²) in [7, 11) is 0. The zero-order valence-electron chi connectivity index (χ0n) is 30.0. The number of carbonyl (C=O) groups excluding carboxylic acids is 2. The number of carbonyl (C=O) groups is 2. The highest BCUT2D eigenvalue weighted by Gasteiger charge is 2.59. The summed E-state index contributed by atoms with van der Waals surface area (Å²) in [6.45, 7) is 19.9. The van der Waals surface area contributed by atoms with Gasteiger partial charge in [0.25, 0.3) is 0 Å². The molecule has 0 aromatic carbocycles. The second-order valence-electron chi connectivity index (χ2n) is 17.5. The maximum absolute atomic E-state index is 12.9. The first-order chi connectivity index (χ1) is 20.9. The molecule has 3 saturated carbocycles. The van der Waals surface area contributed by atoms with Crippen LogP contribution in [0.5, 0.6) is 0 Å². The Morgan fingerprint density at radius 2 is 1.71 bits per heavy atom. The summed E-state index contributed by atoms with van der Waals surface area (Å²) in [6.07, 6.45) is 15.8. The van der Waals surface area contributed by atoms with Crippen molar-refractivity contribution < 1.29 is 28.5 Å². The molecule has 4 aliphatic carbocycles. The maximum Gasteiger partial charge on any atom is 0.323 e. The first kappa shape index (κ1) is 36.4. The average molecular weight is 632 g/mol. The van der Waals surface area contributed by atoms with E-state index >= 15 is 0 Å². The van der Waals surface area contributed by atoms with Crippen molar-refractivity contribution in [2.24, 2.45) is 52.1 Å². The van der Waals surface area contributed by atoms with Crippen molar-refractivity contribution in [2.75, 3.05) is 13.4 Å². The normalized spacial score (nSPS) is 36.0. The number of nitrogens with two attached hydrogens (primary N) is 1. The lowest BCUT2D eigenvalue weighted by Crippen LogP contribution is -2.52. The van der Waals surface area contributed by atoms with E-state index in [1.807, 2.05) is 41.5 Å². The van der Waals surface area contributed by atoms with Gasteiger partial charge in [0, 0.05) is 13.0 Å². The molecule has 4 rings (SSSR count). The van der Waals surface area contributed by atoms with Gasteiger partial charge in [-0.3, -0.25) is 9.59 Å². The van der Waals surface area contributed by atoms with Crippen LogP contribution in [0.3, 0.4) is 0 Å². The Morgan fingerprint density at radius 1 is 0.978 bits per heavy atom. The van der Waals surface area contributed by atoms with Gasteiger partial charge in [-0.2, -0.15) is 0 Å². The number of hydrogen-bond donors (Lipinski definition) is 1. The van der Waals surface area contributed by atoms with Gasteiger partial charge in [0.05, 0.1) is 5.60 Å². The molecule has 7 nitrogen and oxygen atoms in total. The summed E-state index contributed by atoms with van der Waals surface area (Å²) in [5.74, 6) is 3.33. The van der Waals surface area contributed by atoms with Gasteiger partial charge in [0.15, 0.2) is 0 Å². The Labute approximate surface area is 274 Å². The molecule has 45 heavy (non-hydrogen) atoms. The van der Waals surface area contributed by atoms with Crippen molar-refractivity contribution in [2.45, 2.75) is 156 Å². The Morgan fingerprint density at radius 3 is 2.40 bits per heavy atom. The molecule has 2 N–H and O–H groups in total. The third-order valence-corrected chi connectivity index (χ3v) is 12.0. The Balaban J connectivity index is 1.28. The first-order valence-electron chi connectivity index (χ1n) is 18.0. The van der Waals surface area contributed by atoms with Gasteiger partial charge in [-0.25, -0.2) is 0 Å². The molecule has 0 aliphatic heterocycles. The Kier molecular flexibility index (Phi) is 11.6. The van der Waals surface area contributed by atoms with E-state index in [2.05, 4.69) is 32.9 Å². The smallest absolute Gasteiger partial charge is 0.323 e. The van der Waals surface area contributed by atoms with Crippen molar-refractivity contribution in [3.8, 4) is 0 Å². The molecule has 0 spiro atoms. The van der Waals surface area contributed by atoms with Crippen molar-refractivity contribution in [1.82, 2.24) is 0 Å². The van der Waals surface area contributed by atoms with E-state index in [1.165, 1.54) is 25.7 Å². The minimum atomic E-state index is -0.609. The monoisotopic (exact) mass is 631 g/mol. The van der Waals surface area contributed by atoms with Crippen LogP contribution in [-0.2, 0) is 28.5 Å². The van der Waals surface area contributed by atoms with Gasteiger partial charge in [-0.05, 0) is 152 Å². The summed E-state index contributed by atoms with van der Waals surface area (Å²) in [5, 5.41) is 0. The van der Waals surface area contributed by atoms with Crippen molar-refractivity contribution in [3.63, 3.8) is 0 Å². The maximum atomic E-state index is 12.9. The van der Waals surface area contributed by atoms with E-state index in [0.717, 1.165) is 25.7 Å². The molecule has 10 atom stereocenters. The van der Waals surface area contributed by atoms with E-state index in [4.69, 9.17) is 24.7 Å². The van der Waals surface area contributed by atoms with Crippen LogP contribution in [0.25, 0.3) is 0 Å². The van der Waals surface area contributed by atoms with Gasteiger partial charge in [-0.15, -0.1) is 0 Å². The molecule has 0 saturated heterocycles. The van der Waals surface area contributed by atoms with Gasteiger partial charge in [-0.1, -0.05) is 32.9 Å². The molecular formula is C38H65NO6. The van der Waals surface area contributed by atoms with E-state index < -0.39 is 11.6 Å². The summed E-state index contributed by atoms with van der Waals surface area (Å²) in [5.41, 5.74) is 6.02. The topological polar surface area (TPSA) is 97.1 Å². The second-order valence-corrected chi connectivity index (χ2v) is 17.5. The Hall–Kier alpha value is -1.44. The van der Waals surface area contributed by atoms with Crippen LogP contribution in [-0.4, -0.2) is 48.7 Å². The lowest BCUT2D eigenvalue weighted by Gasteiger charge is -2.59. The predicted molar refractivity (Wildman–Crippen MR) is 178 cm³/mol. The van der Waals surface area contributed by atoms with Gasteiger partial charge in [0.2, 0.25) is 0 Å². The predicted octanol–water partition coefficient (Wildman–Crippen LogP) is 7.99. The molecule has 6 unspecified atom stereocenters. The van der Waals surface area contributed by atoms with E-state index in [1.54, 1.807) is 0 Å². The lowest BCUT2D eigenvalue weighted by molar-refractivity contribution is -0.159. The number of esters is 2. The molecule has 0 bridgehead atoms. The SMILES string of the molecule is C[C@H](CCC(=O)OC(C)(C)C)C1CCC2C3CCC4C[C@H](OC(=O)[C@@H](N)CCCOCOC(C)(C)C)CCC4(C)[C@@H]3C=CC21C. The number of allylic oxidation sites excluding steroid dienone is 2. The second kappa shape index (κ2) is 14.4. The highest BCUT2D eigenvalue weighted by molar-refractivity contribution is 5.75. The Bertz CT molecular complexity index is 1040. The van der Waals surface area contributed by atoms with E-state index in [9.17, 15) is 9.59 Å². The molecule has 258 valence electrons. The lowest BCUT2D eigenvalue weighted by atomic mass is 9.46. The number of rotatable bonds is 12. The largest absolute Gasteiger partial charge is 0.461 e. The van der Waals surface area contributed by atoms with E-state index in [-0.39, 0.29) is 41.3 Å². The van der Waals surface area contributed by atoms with Gasteiger partial charge >= 0.3 is 11.9 Å². The first-order valence-corrected chi connectivity index (χ1v) is 18.0. The quantitative estimate of drug-likeness (QED) is 0.101. The fourth-order valence-electron chi connectivity index (χ4n) is 9.63. The minimum absolute atomic E-state index is 0.0332. The number of fused-ring (bicyclic) bond motifs is 5. The summed E-state index contributed by atoms with van der Waals surface area (Å²) in [6, 6.07) is -0.609. The standard InChI is InChI=1S/C38H65NO6/c1-25(12-17-33(40)45-36(5,6)7)29-15-16-30-28-14-13-26-23-27(18-20-37(26,8)31(28)19-21-38(29,30)9)44-34(41)32(39)11-10-22-42-24-43-35(2,3)4/h19,21,25-32H,10-18,20,22-24,39H2,1-9H3/t25-,26?,27-,28?,29?,30?,31-,32+,37?,38?/m1/s1. The van der Waals surface area contributed by atoms with E-state index in [0.29, 0.717) is 61.4 Å². The fourth-order valence-corrected chi connectivity index (χ4v) is 9.63. The van der Waals surface area contributed by atoms with Crippen LogP contribution in [0.4, 0.5) is 0 Å². The molecule has 3 fully saturated rings. The fraction of sp³-hybridized carbons (Fsp3) is 0.895. The van der Waals surface area contributed by atoms with Crippen LogP contribution >= 0.6 is 0 Å². The van der Waals surface area contributed by atoms with Gasteiger partial charge < -0.3 is 24.7 Å².